The second kappa shape index (κ2) is 9.44. The van der Waals surface area contributed by atoms with E-state index in [1.54, 1.807) is 18.3 Å². The molecule has 5 nitrogen and oxygen atoms in total. The van der Waals surface area contributed by atoms with Crippen LogP contribution in [-0.4, -0.2) is 33.1 Å². The van der Waals surface area contributed by atoms with E-state index >= 15 is 4.39 Å². The highest BCUT2D eigenvalue weighted by molar-refractivity contribution is 6.01. The number of pyridine rings is 1. The minimum Gasteiger partial charge on any atom is -0.508 e. The Bertz CT molecular complexity index is 1540. The van der Waals surface area contributed by atoms with Gasteiger partial charge in [-0.3, -0.25) is 4.98 Å². The van der Waals surface area contributed by atoms with Crippen molar-refractivity contribution in [2.24, 2.45) is 5.41 Å². The first kappa shape index (κ1) is 25.0. The Morgan fingerprint density at radius 3 is 2.58 bits per heavy atom. The third-order valence-electron chi connectivity index (χ3n) is 8.61. The van der Waals surface area contributed by atoms with E-state index in [-0.39, 0.29) is 28.7 Å². The number of hydrogen-bond donors (Lipinski definition) is 1. The maximum Gasteiger partial charge on any atom is 0.175 e. The van der Waals surface area contributed by atoms with E-state index in [0.717, 1.165) is 25.3 Å². The van der Waals surface area contributed by atoms with Gasteiger partial charge in [-0.15, -0.1) is 0 Å². The number of aromatic nitrogens is 3. The molecule has 0 radical (unpaired) electrons. The van der Waals surface area contributed by atoms with Crippen molar-refractivity contribution in [3.63, 3.8) is 0 Å². The summed E-state index contributed by atoms with van der Waals surface area (Å²) in [4.78, 5) is 16.5. The van der Waals surface area contributed by atoms with Gasteiger partial charge >= 0.3 is 0 Å². The Balaban J connectivity index is 1.55. The predicted octanol–water partition coefficient (Wildman–Crippen LogP) is 7.68. The number of rotatable bonds is 4. The van der Waals surface area contributed by atoms with Gasteiger partial charge in [0.1, 0.15) is 34.4 Å². The number of aromatic hydroxyl groups is 1. The summed E-state index contributed by atoms with van der Waals surface area (Å²) >= 11 is 0. The van der Waals surface area contributed by atoms with Crippen LogP contribution in [0.2, 0.25) is 0 Å². The van der Waals surface area contributed by atoms with Crippen LogP contribution in [0.25, 0.3) is 32.9 Å². The molecule has 0 unspecified atom stereocenters. The number of nitrogens with zero attached hydrogens (tertiary/aromatic N) is 4. The van der Waals surface area contributed by atoms with Gasteiger partial charge in [-0.25, -0.2) is 18.7 Å². The predicted molar refractivity (Wildman–Crippen MR) is 148 cm³/mol. The van der Waals surface area contributed by atoms with E-state index in [1.165, 1.54) is 44.2 Å². The SMILES string of the molecule is CCc1c(F)ccc2cc(O)cc(-c3ncc4c(N5CCC6(CCCCC6)C5)nc(C(C)C)nc4c3F)c12. The summed E-state index contributed by atoms with van der Waals surface area (Å²) in [6, 6.07) is 6.04. The lowest BCUT2D eigenvalue weighted by Gasteiger charge is -2.33. The fourth-order valence-electron chi connectivity index (χ4n) is 6.60. The average Bonchev–Trinajstić information content (AvgIpc) is 3.31. The summed E-state index contributed by atoms with van der Waals surface area (Å²) in [5.41, 5.74) is 1.44. The zero-order valence-corrected chi connectivity index (χ0v) is 22.3. The zero-order chi connectivity index (χ0) is 26.6. The summed E-state index contributed by atoms with van der Waals surface area (Å²) in [5, 5.41) is 12.3. The number of phenols is 1. The molecule has 1 aliphatic carbocycles. The maximum absolute atomic E-state index is 16.5. The van der Waals surface area contributed by atoms with E-state index in [4.69, 9.17) is 4.98 Å². The molecular formula is C31H34F2N4O. The number of phenolic OH excluding ortho intramolecular Hbond substituents is 1. The van der Waals surface area contributed by atoms with Crippen molar-refractivity contribution < 1.29 is 13.9 Å². The molecule has 4 aromatic rings. The molecule has 1 aliphatic heterocycles. The van der Waals surface area contributed by atoms with Gasteiger partial charge in [0.2, 0.25) is 0 Å². The number of fused-ring (bicyclic) bond motifs is 2. The molecule has 0 bridgehead atoms. The molecule has 0 atom stereocenters. The Morgan fingerprint density at radius 2 is 1.84 bits per heavy atom. The number of aryl methyl sites for hydroxylation is 1. The van der Waals surface area contributed by atoms with Crippen LogP contribution in [0.3, 0.4) is 0 Å². The molecule has 2 fully saturated rings. The summed E-state index contributed by atoms with van der Waals surface area (Å²) in [6.45, 7) is 7.70. The molecule has 0 amide bonds. The van der Waals surface area contributed by atoms with Gasteiger partial charge < -0.3 is 10.0 Å². The molecule has 1 saturated carbocycles. The Morgan fingerprint density at radius 1 is 1.05 bits per heavy atom. The van der Waals surface area contributed by atoms with Gasteiger partial charge in [0.05, 0.1) is 5.39 Å². The van der Waals surface area contributed by atoms with Crippen LogP contribution in [0.15, 0.2) is 30.5 Å². The van der Waals surface area contributed by atoms with Crippen molar-refractivity contribution in [1.82, 2.24) is 15.0 Å². The van der Waals surface area contributed by atoms with Crippen LogP contribution in [0.1, 0.15) is 76.6 Å². The van der Waals surface area contributed by atoms with Gasteiger partial charge in [0.15, 0.2) is 5.82 Å². The second-order valence-electron chi connectivity index (χ2n) is 11.4. The van der Waals surface area contributed by atoms with Gasteiger partial charge in [-0.2, -0.15) is 0 Å². The first-order valence-electron chi connectivity index (χ1n) is 13.9. The zero-order valence-electron chi connectivity index (χ0n) is 22.3. The quantitative estimate of drug-likeness (QED) is 0.301. The number of halogens is 2. The average molecular weight is 517 g/mol. The van der Waals surface area contributed by atoms with Crippen LogP contribution in [0, 0.1) is 17.0 Å². The molecule has 1 N–H and O–H groups in total. The molecular weight excluding hydrogens is 482 g/mol. The maximum atomic E-state index is 16.5. The molecule has 38 heavy (non-hydrogen) atoms. The fraction of sp³-hybridized carbons (Fsp3) is 0.452. The molecule has 1 spiro atoms. The summed E-state index contributed by atoms with van der Waals surface area (Å²) < 4.78 is 31.2. The minimum atomic E-state index is -0.571. The van der Waals surface area contributed by atoms with Crippen LogP contribution in [-0.2, 0) is 6.42 Å². The minimum absolute atomic E-state index is 0.0165. The van der Waals surface area contributed by atoms with E-state index in [9.17, 15) is 9.50 Å². The van der Waals surface area contributed by atoms with Crippen molar-refractivity contribution in [3.8, 4) is 17.0 Å². The highest BCUT2D eigenvalue weighted by Gasteiger charge is 2.40. The van der Waals surface area contributed by atoms with Crippen molar-refractivity contribution >= 4 is 27.5 Å². The van der Waals surface area contributed by atoms with Gasteiger partial charge in [0.25, 0.3) is 0 Å². The van der Waals surface area contributed by atoms with Crippen molar-refractivity contribution in [3.05, 3.63) is 53.5 Å². The van der Waals surface area contributed by atoms with E-state index in [2.05, 4.69) is 14.9 Å². The van der Waals surface area contributed by atoms with Crippen molar-refractivity contribution in [1.29, 1.82) is 0 Å². The Labute approximate surface area is 221 Å². The molecule has 2 aromatic carbocycles. The number of hydrogen-bond acceptors (Lipinski definition) is 5. The summed E-state index contributed by atoms with van der Waals surface area (Å²) in [7, 11) is 0. The number of anilines is 1. The van der Waals surface area contributed by atoms with Crippen molar-refractivity contribution in [2.75, 3.05) is 18.0 Å². The Kier molecular flexibility index (Phi) is 6.20. The topological polar surface area (TPSA) is 62.1 Å². The summed E-state index contributed by atoms with van der Waals surface area (Å²) in [6.07, 6.45) is 9.53. The molecule has 1 saturated heterocycles. The van der Waals surface area contributed by atoms with E-state index in [1.807, 2.05) is 20.8 Å². The van der Waals surface area contributed by atoms with Gasteiger partial charge in [0, 0.05) is 30.8 Å². The smallest absolute Gasteiger partial charge is 0.175 e. The lowest BCUT2D eigenvalue weighted by molar-refractivity contribution is 0.219. The lowest BCUT2D eigenvalue weighted by Crippen LogP contribution is -2.30. The molecule has 6 rings (SSSR count). The van der Waals surface area contributed by atoms with Crippen LogP contribution >= 0.6 is 0 Å². The first-order chi connectivity index (χ1) is 18.3. The van der Waals surface area contributed by atoms with Crippen LogP contribution in [0.4, 0.5) is 14.6 Å². The molecule has 198 valence electrons. The normalized spacial score (nSPS) is 17.4. The monoisotopic (exact) mass is 516 g/mol. The summed E-state index contributed by atoms with van der Waals surface area (Å²) in [5.74, 6) is 0.407. The first-order valence-corrected chi connectivity index (χ1v) is 13.9. The molecule has 2 aliphatic rings. The third-order valence-corrected chi connectivity index (χ3v) is 8.61. The highest BCUT2D eigenvalue weighted by Crippen LogP contribution is 2.46. The number of benzene rings is 2. The molecule has 2 aromatic heterocycles. The molecule has 7 heteroatoms. The van der Waals surface area contributed by atoms with Gasteiger partial charge in [-0.05, 0) is 65.6 Å². The van der Waals surface area contributed by atoms with Crippen LogP contribution in [0.5, 0.6) is 5.75 Å². The highest BCUT2D eigenvalue weighted by atomic mass is 19.1. The van der Waals surface area contributed by atoms with Gasteiger partial charge in [-0.1, -0.05) is 46.1 Å². The standard InChI is InChI=1S/C31H34F2N4O/c1-4-21-24(32)9-8-19-14-20(38)15-22(25(19)21)27-26(33)28-23(16-34-27)30(36-29(35-28)18(2)3)37-13-12-31(17-37)10-6-5-7-11-31/h8-9,14-16,18,38H,4-7,10-13,17H2,1-3H3. The van der Waals surface area contributed by atoms with Crippen LogP contribution < -0.4 is 4.90 Å². The lowest BCUT2D eigenvalue weighted by atomic mass is 9.73. The fourth-order valence-corrected chi connectivity index (χ4v) is 6.60. The Hall–Kier alpha value is -3.35. The van der Waals surface area contributed by atoms with Crippen molar-refractivity contribution in [2.45, 2.75) is 71.6 Å². The largest absolute Gasteiger partial charge is 0.508 e. The third kappa shape index (κ3) is 4.07. The molecule has 3 heterocycles. The second-order valence-corrected chi connectivity index (χ2v) is 11.4. The van der Waals surface area contributed by atoms with E-state index in [0.29, 0.717) is 44.9 Å². The van der Waals surface area contributed by atoms with E-state index < -0.39 is 5.82 Å².